The predicted molar refractivity (Wildman–Crippen MR) is 33.8 cm³/mol. The summed E-state index contributed by atoms with van der Waals surface area (Å²) < 4.78 is 56.5. The number of hydrogen-bond acceptors (Lipinski definition) is 2. The Hall–Kier alpha value is -0.630. The van der Waals surface area contributed by atoms with Crippen molar-refractivity contribution >= 4 is 6.29 Å². The molecule has 8 heavy (non-hydrogen) atoms. The highest BCUT2D eigenvalue weighted by atomic mass is 16.1. The van der Waals surface area contributed by atoms with Crippen LogP contribution in [0.25, 0.3) is 0 Å². The lowest BCUT2D eigenvalue weighted by atomic mass is 10.5. The summed E-state index contributed by atoms with van der Waals surface area (Å²) in [5, 5.41) is 0. The molecule has 0 aliphatic heterocycles. The van der Waals surface area contributed by atoms with E-state index in [2.05, 4.69) is 0 Å². The van der Waals surface area contributed by atoms with Gasteiger partial charge in [0.1, 0.15) is 6.29 Å². The number of carbonyl (C=O) groups is 1. The van der Waals surface area contributed by atoms with E-state index in [0.717, 1.165) is 0 Å². The molecule has 0 aromatic heterocycles. The normalized spacial score (nSPS) is 30.6. The molecule has 2 heteroatoms. The Kier molecular flexibility index (Phi) is 0.820. The molecule has 0 radical (unpaired) electrons. The molecule has 0 heterocycles. The van der Waals surface area contributed by atoms with Crippen molar-refractivity contribution in [3.05, 3.63) is 12.2 Å². The van der Waals surface area contributed by atoms with Crippen LogP contribution in [0.3, 0.4) is 0 Å². The Morgan fingerprint density at radius 1 is 1.88 bits per heavy atom. The van der Waals surface area contributed by atoms with E-state index in [4.69, 9.17) is 11.0 Å². The zero-order chi connectivity index (χ0) is 13.2. The molecular weight excluding hydrogens is 102 g/mol. The molecule has 46 valence electrons. The fraction of sp³-hybridized carbons (Fsp3) is 0.500. The fourth-order valence-electron chi connectivity index (χ4n) is 0.157. The highest BCUT2D eigenvalue weighted by Crippen LogP contribution is 1.73. The first-order chi connectivity index (χ1) is 6.93. The van der Waals surface area contributed by atoms with Crippen LogP contribution < -0.4 is 0 Å². The Bertz CT molecular complexity index is 263. The number of likely N-dealkylation sites (N-methyl/N-ethyl adjacent to an activating group) is 1. The van der Waals surface area contributed by atoms with Crippen LogP contribution in [0.1, 0.15) is 11.0 Å². The summed E-state index contributed by atoms with van der Waals surface area (Å²) in [6.45, 7) is -9.04. The van der Waals surface area contributed by atoms with Crippen LogP contribution in [0.15, 0.2) is 12.2 Å². The van der Waals surface area contributed by atoms with Gasteiger partial charge in [0.2, 0.25) is 0 Å². The molecule has 0 aromatic carbocycles. The molecule has 0 saturated heterocycles. The molecule has 0 amide bonds. The first-order valence-electron chi connectivity index (χ1n) is 5.86. The summed E-state index contributed by atoms with van der Waals surface area (Å²) >= 11 is 0. The van der Waals surface area contributed by atoms with Crippen LogP contribution in [0.2, 0.25) is 0 Å². The van der Waals surface area contributed by atoms with Gasteiger partial charge in [0.25, 0.3) is 0 Å². The molecule has 0 aliphatic rings. The number of hydrogen-bond donors (Lipinski definition) is 0. The maximum Gasteiger partial charge on any atom is 0.142 e. The van der Waals surface area contributed by atoms with E-state index in [0.29, 0.717) is 12.2 Å². The zero-order valence-electron chi connectivity index (χ0n) is 12.1. The number of allylic oxidation sites excluding steroid dienone is 1. The Morgan fingerprint density at radius 3 is 3.12 bits per heavy atom. The second kappa shape index (κ2) is 4.53. The van der Waals surface area contributed by atoms with Crippen molar-refractivity contribution in [3.8, 4) is 0 Å². The van der Waals surface area contributed by atoms with Crippen molar-refractivity contribution in [2.75, 3.05) is 20.4 Å². The van der Waals surface area contributed by atoms with Crippen LogP contribution in [-0.2, 0) is 4.79 Å². The van der Waals surface area contributed by atoms with Crippen LogP contribution in [0.5, 0.6) is 0 Å². The van der Waals surface area contributed by atoms with E-state index in [1.807, 2.05) is 0 Å². The van der Waals surface area contributed by atoms with E-state index >= 15 is 0 Å². The topological polar surface area (TPSA) is 20.3 Å². The van der Waals surface area contributed by atoms with Crippen molar-refractivity contribution in [1.82, 2.24) is 4.90 Å². The van der Waals surface area contributed by atoms with Gasteiger partial charge in [0.15, 0.2) is 0 Å². The summed E-state index contributed by atoms with van der Waals surface area (Å²) in [6, 6.07) is 0. The quantitative estimate of drug-likeness (QED) is 0.395. The van der Waals surface area contributed by atoms with Gasteiger partial charge in [-0.2, -0.15) is 0 Å². The zero-order valence-corrected chi connectivity index (χ0v) is 4.09. The highest BCUT2D eigenvalue weighted by molar-refractivity contribution is 5.64. The fourth-order valence-corrected chi connectivity index (χ4v) is 0.157. The minimum absolute atomic E-state index is 0.231. The molecule has 0 atom stereocenters. The van der Waals surface area contributed by atoms with Gasteiger partial charge in [-0.15, -0.1) is 0 Å². The van der Waals surface area contributed by atoms with Crippen molar-refractivity contribution in [2.24, 2.45) is 0 Å². The largest absolute Gasteiger partial charge is 0.306 e. The average Bonchev–Trinajstić information content (AvgIpc) is 1.93. The van der Waals surface area contributed by atoms with Crippen molar-refractivity contribution < 1.29 is 15.8 Å². The van der Waals surface area contributed by atoms with Gasteiger partial charge in [-0.25, -0.2) is 0 Å². The van der Waals surface area contributed by atoms with Crippen molar-refractivity contribution in [2.45, 2.75) is 0 Å². The van der Waals surface area contributed by atoms with Gasteiger partial charge in [-0.3, -0.25) is 4.79 Å². The molecule has 0 saturated carbocycles. The molecule has 0 N–H and O–H groups in total. The first-order valence-corrected chi connectivity index (χ1v) is 1.86. The van der Waals surface area contributed by atoms with E-state index in [1.165, 1.54) is 0 Å². The molecule has 0 aliphatic carbocycles. The number of carbonyl (C=O) groups excluding carboxylic acids is 1. The third kappa shape index (κ3) is 5.37. The summed E-state index contributed by atoms with van der Waals surface area (Å²) in [7, 11) is 0. The number of nitrogens with zero attached hydrogens (tertiary/aromatic N) is 1. The molecule has 0 bridgehead atoms. The lowest BCUT2D eigenvalue weighted by molar-refractivity contribution is -0.104. The van der Waals surface area contributed by atoms with Crippen molar-refractivity contribution in [1.29, 1.82) is 0 Å². The SMILES string of the molecule is [2H]C([2H])([2H])N(C([2H])([2H])[2H])C([2H])([2H])C=CC=O. The second-order valence-electron chi connectivity index (χ2n) is 0.960. The average molecular weight is 121 g/mol. The Morgan fingerprint density at radius 2 is 2.62 bits per heavy atom. The lowest BCUT2D eigenvalue weighted by Crippen LogP contribution is -2.10. The second-order valence-corrected chi connectivity index (χ2v) is 0.960. The summed E-state index contributed by atoms with van der Waals surface area (Å²) in [5.74, 6) is 0. The highest BCUT2D eigenvalue weighted by Gasteiger charge is 1.78. The van der Waals surface area contributed by atoms with E-state index in [9.17, 15) is 4.79 Å². The predicted octanol–water partition coefficient (Wildman–Crippen LogP) is 0.303. The maximum absolute atomic E-state index is 10.0. The molecule has 0 spiro atoms. The Balaban J connectivity index is 5.36. The van der Waals surface area contributed by atoms with Crippen LogP contribution in [-0.4, -0.2) is 31.6 Å². The van der Waals surface area contributed by atoms with Gasteiger partial charge in [0, 0.05) is 17.5 Å². The molecule has 0 rings (SSSR count). The van der Waals surface area contributed by atoms with Gasteiger partial charge in [0.05, 0.1) is 0 Å². The number of rotatable bonds is 3. The van der Waals surface area contributed by atoms with Gasteiger partial charge >= 0.3 is 0 Å². The van der Waals surface area contributed by atoms with Crippen molar-refractivity contribution in [3.63, 3.8) is 0 Å². The number of aldehydes is 1. The summed E-state index contributed by atoms with van der Waals surface area (Å²) in [6.07, 6.45) is 1.53. The van der Waals surface area contributed by atoms with Crippen LogP contribution in [0.4, 0.5) is 0 Å². The third-order valence-electron chi connectivity index (χ3n) is 0.378. The van der Waals surface area contributed by atoms with E-state index in [-0.39, 0.29) is 11.2 Å². The van der Waals surface area contributed by atoms with Crippen LogP contribution >= 0.6 is 0 Å². The van der Waals surface area contributed by atoms with Gasteiger partial charge < -0.3 is 4.90 Å². The molecule has 0 aromatic rings. The Labute approximate surface area is 61.0 Å². The molecule has 0 unspecified atom stereocenters. The summed E-state index contributed by atoms with van der Waals surface area (Å²) in [4.78, 5) is 9.78. The monoisotopic (exact) mass is 121 g/mol. The van der Waals surface area contributed by atoms with Gasteiger partial charge in [-0.1, -0.05) is 6.08 Å². The van der Waals surface area contributed by atoms with Crippen LogP contribution in [0, 0.1) is 0 Å². The van der Waals surface area contributed by atoms with Gasteiger partial charge in [-0.05, 0) is 20.0 Å². The standard InChI is InChI=1S/C6H11NO/c1-7(2)5-3-4-6-8/h3-4,6H,5H2,1-2H3/i1D3,2D3,5D2. The van der Waals surface area contributed by atoms with E-state index in [1.54, 1.807) is 0 Å². The first kappa shape index (κ1) is 1.45. The third-order valence-corrected chi connectivity index (χ3v) is 0.378. The van der Waals surface area contributed by atoms with E-state index < -0.39 is 20.4 Å². The summed E-state index contributed by atoms with van der Waals surface area (Å²) in [5.41, 5.74) is 0. The molecular formula is C6H11NO. The molecule has 2 nitrogen and oxygen atoms in total. The minimum Gasteiger partial charge on any atom is -0.306 e. The minimum atomic E-state index is -3.14. The smallest absolute Gasteiger partial charge is 0.142 e. The molecule has 0 fully saturated rings. The lowest BCUT2D eigenvalue weighted by Gasteiger charge is -2.01. The maximum atomic E-state index is 10.0.